The number of nitrogens with zero attached hydrogens (tertiary/aromatic N) is 5. The first kappa shape index (κ1) is 17.4. The van der Waals surface area contributed by atoms with E-state index in [4.69, 9.17) is 0 Å². The molecule has 25 heavy (non-hydrogen) atoms. The average Bonchev–Trinajstić information content (AvgIpc) is 2.61. The molecule has 1 aliphatic heterocycles. The van der Waals surface area contributed by atoms with Crippen molar-refractivity contribution in [2.75, 3.05) is 23.3 Å². The highest BCUT2D eigenvalue weighted by Gasteiger charge is 2.27. The Kier molecular flexibility index (Phi) is 5.30. The topological polar surface area (TPSA) is 66.8 Å². The number of rotatable bonds is 5. The van der Waals surface area contributed by atoms with E-state index in [1.54, 1.807) is 18.5 Å². The van der Waals surface area contributed by atoms with Gasteiger partial charge in [0.1, 0.15) is 0 Å². The van der Waals surface area contributed by atoms with Crippen LogP contribution in [0.1, 0.15) is 25.0 Å². The molecule has 1 N–H and O–H groups in total. The number of alkyl halides is 3. The molecule has 0 aliphatic carbocycles. The molecule has 3 rings (SSSR count). The smallest absolute Gasteiger partial charge is 0.351 e. The monoisotopic (exact) mass is 352 g/mol. The van der Waals surface area contributed by atoms with Crippen molar-refractivity contribution < 1.29 is 13.2 Å². The van der Waals surface area contributed by atoms with Gasteiger partial charge < -0.3 is 10.2 Å². The normalized spacial score (nSPS) is 16.0. The molecule has 0 bridgehead atoms. The lowest BCUT2D eigenvalue weighted by molar-refractivity contribution is -0.134. The maximum absolute atomic E-state index is 12.3. The summed E-state index contributed by atoms with van der Waals surface area (Å²) >= 11 is 0. The predicted octanol–water partition coefficient (Wildman–Crippen LogP) is 2.84. The first-order valence-electron chi connectivity index (χ1n) is 8.17. The van der Waals surface area contributed by atoms with Crippen LogP contribution >= 0.6 is 0 Å². The van der Waals surface area contributed by atoms with Crippen LogP contribution in [0.15, 0.2) is 30.7 Å². The van der Waals surface area contributed by atoms with Crippen molar-refractivity contribution in [2.24, 2.45) is 0 Å². The van der Waals surface area contributed by atoms with Crippen LogP contribution in [0.5, 0.6) is 0 Å². The second kappa shape index (κ2) is 7.62. The van der Waals surface area contributed by atoms with Gasteiger partial charge in [0, 0.05) is 49.8 Å². The summed E-state index contributed by atoms with van der Waals surface area (Å²) in [5, 5.41) is 3.29. The molecule has 0 atom stereocenters. The van der Waals surface area contributed by atoms with E-state index in [0.717, 1.165) is 25.9 Å². The van der Waals surface area contributed by atoms with E-state index in [2.05, 4.69) is 25.3 Å². The Balaban J connectivity index is 1.54. The summed E-state index contributed by atoms with van der Waals surface area (Å²) in [6.07, 6.45) is 1.44. The van der Waals surface area contributed by atoms with Gasteiger partial charge in [-0.05, 0) is 31.4 Å². The highest BCUT2D eigenvalue weighted by atomic mass is 19.4. The minimum atomic E-state index is -4.17. The van der Waals surface area contributed by atoms with E-state index in [1.165, 1.54) is 12.3 Å². The molecule has 6 nitrogen and oxygen atoms in total. The van der Waals surface area contributed by atoms with Crippen LogP contribution in [0.2, 0.25) is 0 Å². The lowest BCUT2D eigenvalue weighted by atomic mass is 10.1. The minimum Gasteiger partial charge on any atom is -0.351 e. The van der Waals surface area contributed by atoms with E-state index < -0.39 is 12.6 Å². The molecule has 134 valence electrons. The summed E-state index contributed by atoms with van der Waals surface area (Å²) in [5.74, 6) is 1.10. The summed E-state index contributed by atoms with van der Waals surface area (Å²) in [6.45, 7) is 1.46. The van der Waals surface area contributed by atoms with Crippen LogP contribution in [-0.2, 0) is 6.42 Å². The second-order valence-electron chi connectivity index (χ2n) is 5.94. The molecule has 0 saturated carbocycles. The Morgan fingerprint density at radius 2 is 1.80 bits per heavy atom. The van der Waals surface area contributed by atoms with Crippen LogP contribution in [0.4, 0.5) is 25.1 Å². The number of nitrogens with one attached hydrogen (secondary N) is 1. The van der Waals surface area contributed by atoms with Crippen molar-refractivity contribution in [3.63, 3.8) is 0 Å². The second-order valence-corrected chi connectivity index (χ2v) is 5.94. The van der Waals surface area contributed by atoms with E-state index in [1.807, 2.05) is 4.90 Å². The third-order valence-electron chi connectivity index (χ3n) is 4.04. The lowest BCUT2D eigenvalue weighted by Crippen LogP contribution is -2.40. The highest BCUT2D eigenvalue weighted by Crippen LogP contribution is 2.23. The zero-order valence-electron chi connectivity index (χ0n) is 13.6. The van der Waals surface area contributed by atoms with Crippen LogP contribution in [0, 0.1) is 0 Å². The number of aromatic nitrogens is 4. The molecule has 1 fully saturated rings. The van der Waals surface area contributed by atoms with Crippen LogP contribution in [0.25, 0.3) is 0 Å². The number of aryl methyl sites for hydroxylation is 1. The van der Waals surface area contributed by atoms with Gasteiger partial charge in [-0.3, -0.25) is 0 Å². The van der Waals surface area contributed by atoms with Crippen molar-refractivity contribution in [1.29, 1.82) is 0 Å². The van der Waals surface area contributed by atoms with Gasteiger partial charge in [-0.25, -0.2) is 19.9 Å². The average molecular weight is 352 g/mol. The molecule has 1 saturated heterocycles. The molecule has 1 aliphatic rings. The Bertz CT molecular complexity index is 671. The fraction of sp³-hybridized carbons (Fsp3) is 0.500. The fourth-order valence-corrected chi connectivity index (χ4v) is 2.73. The maximum atomic E-state index is 12.3. The molecule has 9 heteroatoms. The van der Waals surface area contributed by atoms with Crippen molar-refractivity contribution in [3.05, 3.63) is 36.4 Å². The number of piperidine rings is 1. The molecular formula is C16H19F3N6. The van der Waals surface area contributed by atoms with E-state index >= 15 is 0 Å². The van der Waals surface area contributed by atoms with Gasteiger partial charge in [0.05, 0.1) is 0 Å². The van der Waals surface area contributed by atoms with Crippen molar-refractivity contribution in [1.82, 2.24) is 19.9 Å². The Hall–Kier alpha value is -2.45. The van der Waals surface area contributed by atoms with E-state index in [-0.39, 0.29) is 12.5 Å². The number of anilines is 2. The standard InChI is InChI=1S/C16H19F3N6/c17-16(18,19)6-2-12-3-9-22-15(24-12)25-10-4-13(5-11-25)23-14-20-7-1-8-21-14/h1,3,7-9,13H,2,4-6,10-11H2,(H,20,21,23). The quantitative estimate of drug-likeness (QED) is 0.893. The molecule has 0 radical (unpaired) electrons. The molecule has 3 heterocycles. The Morgan fingerprint density at radius 1 is 1.08 bits per heavy atom. The lowest BCUT2D eigenvalue weighted by Gasteiger charge is -2.32. The zero-order valence-corrected chi connectivity index (χ0v) is 13.6. The van der Waals surface area contributed by atoms with Crippen molar-refractivity contribution >= 4 is 11.9 Å². The van der Waals surface area contributed by atoms with Gasteiger partial charge in [0.25, 0.3) is 0 Å². The van der Waals surface area contributed by atoms with Gasteiger partial charge in [-0.15, -0.1) is 0 Å². The molecule has 2 aromatic rings. The van der Waals surface area contributed by atoms with Crippen LogP contribution in [0.3, 0.4) is 0 Å². The molecule has 0 aromatic carbocycles. The Morgan fingerprint density at radius 3 is 2.48 bits per heavy atom. The maximum Gasteiger partial charge on any atom is 0.389 e. The SMILES string of the molecule is FC(F)(F)CCc1ccnc(N2CCC(Nc3ncccn3)CC2)n1. The van der Waals surface area contributed by atoms with Gasteiger partial charge in [-0.2, -0.15) is 13.2 Å². The largest absolute Gasteiger partial charge is 0.389 e. The third kappa shape index (κ3) is 5.27. The summed E-state index contributed by atoms with van der Waals surface area (Å²) in [4.78, 5) is 18.8. The zero-order chi connectivity index (χ0) is 17.7. The molecule has 2 aromatic heterocycles. The third-order valence-corrected chi connectivity index (χ3v) is 4.04. The number of hydrogen-bond donors (Lipinski definition) is 1. The first-order valence-corrected chi connectivity index (χ1v) is 8.17. The summed E-state index contributed by atoms with van der Waals surface area (Å²) in [5.41, 5.74) is 0.417. The van der Waals surface area contributed by atoms with Gasteiger partial charge in [0.2, 0.25) is 11.9 Å². The van der Waals surface area contributed by atoms with Crippen molar-refractivity contribution in [3.8, 4) is 0 Å². The van der Waals surface area contributed by atoms with Gasteiger partial charge in [0.15, 0.2) is 0 Å². The number of halogens is 3. The number of hydrogen-bond acceptors (Lipinski definition) is 6. The fourth-order valence-electron chi connectivity index (χ4n) is 2.73. The summed E-state index contributed by atoms with van der Waals surface area (Å²) < 4.78 is 37.0. The molecule has 0 unspecified atom stereocenters. The van der Waals surface area contributed by atoms with Crippen molar-refractivity contribution in [2.45, 2.75) is 37.9 Å². The molecule has 0 amide bonds. The minimum absolute atomic E-state index is 0.123. The van der Waals surface area contributed by atoms with Crippen LogP contribution in [-0.4, -0.2) is 45.2 Å². The first-order chi connectivity index (χ1) is 12.0. The predicted molar refractivity (Wildman–Crippen MR) is 87.3 cm³/mol. The van der Waals surface area contributed by atoms with E-state index in [9.17, 15) is 13.2 Å². The molecular weight excluding hydrogens is 333 g/mol. The Labute approximate surface area is 143 Å². The summed E-state index contributed by atoms with van der Waals surface area (Å²) in [6, 6.07) is 3.56. The van der Waals surface area contributed by atoms with Gasteiger partial charge >= 0.3 is 6.18 Å². The van der Waals surface area contributed by atoms with Gasteiger partial charge in [-0.1, -0.05) is 0 Å². The van der Waals surface area contributed by atoms with E-state index in [0.29, 0.717) is 17.6 Å². The summed E-state index contributed by atoms with van der Waals surface area (Å²) in [7, 11) is 0. The van der Waals surface area contributed by atoms with Crippen LogP contribution < -0.4 is 10.2 Å². The molecule has 0 spiro atoms. The highest BCUT2D eigenvalue weighted by molar-refractivity contribution is 5.33.